The maximum Gasteiger partial charge on any atom is 0.381 e. The van der Waals surface area contributed by atoms with Gasteiger partial charge >= 0.3 is 5.82 Å². The summed E-state index contributed by atoms with van der Waals surface area (Å²) in [6.45, 7) is 7.34. The molecule has 116 valence electrons. The highest BCUT2D eigenvalue weighted by atomic mass is 16.6. The minimum absolute atomic E-state index is 0.162. The van der Waals surface area contributed by atoms with Crippen molar-refractivity contribution in [1.29, 1.82) is 0 Å². The van der Waals surface area contributed by atoms with Crippen LogP contribution in [-0.4, -0.2) is 21.0 Å². The molecule has 0 radical (unpaired) electrons. The van der Waals surface area contributed by atoms with Crippen molar-refractivity contribution in [2.45, 2.75) is 20.8 Å². The first-order valence-corrected chi connectivity index (χ1v) is 7.04. The van der Waals surface area contributed by atoms with Crippen LogP contribution in [0.25, 0.3) is 11.8 Å². The van der Waals surface area contributed by atoms with Crippen molar-refractivity contribution < 1.29 is 4.92 Å². The molecule has 1 heterocycles. The van der Waals surface area contributed by atoms with Crippen LogP contribution < -0.4 is 5.32 Å². The molecule has 6 nitrogen and oxygen atoms in total. The van der Waals surface area contributed by atoms with E-state index < -0.39 is 4.92 Å². The Kier molecular flexibility index (Phi) is 4.60. The van der Waals surface area contributed by atoms with Crippen LogP contribution >= 0.6 is 0 Å². The molecule has 0 bridgehead atoms. The van der Waals surface area contributed by atoms with Crippen LogP contribution in [0.2, 0.25) is 0 Å². The minimum Gasteiger partial charge on any atom is -0.390 e. The Labute approximate surface area is 129 Å². The Balaban J connectivity index is 2.19. The molecule has 0 aliphatic rings. The van der Waals surface area contributed by atoms with Crippen LogP contribution in [0.1, 0.15) is 26.3 Å². The van der Waals surface area contributed by atoms with Gasteiger partial charge in [-0.2, -0.15) is 0 Å². The molecule has 1 N–H and O–H groups in total. The third kappa shape index (κ3) is 4.18. The normalized spacial score (nSPS) is 11.8. The number of para-hydroxylation sites is 1. The largest absolute Gasteiger partial charge is 0.390 e. The third-order valence-corrected chi connectivity index (χ3v) is 2.98. The lowest BCUT2D eigenvalue weighted by atomic mass is 9.97. The number of rotatable bonds is 5. The summed E-state index contributed by atoms with van der Waals surface area (Å²) >= 11 is 0. The van der Waals surface area contributed by atoms with Crippen molar-refractivity contribution in [2.75, 3.05) is 6.54 Å². The van der Waals surface area contributed by atoms with E-state index in [-0.39, 0.29) is 11.2 Å². The van der Waals surface area contributed by atoms with Gasteiger partial charge in [-0.05, 0) is 33.7 Å². The molecule has 0 amide bonds. The van der Waals surface area contributed by atoms with E-state index >= 15 is 0 Å². The molecular weight excluding hydrogens is 280 g/mol. The number of nitro groups is 1. The lowest BCUT2D eigenvalue weighted by Gasteiger charge is -2.17. The van der Waals surface area contributed by atoms with Gasteiger partial charge in [0.15, 0.2) is 0 Å². The summed E-state index contributed by atoms with van der Waals surface area (Å²) in [5.74, 6) is -0.162. The van der Waals surface area contributed by atoms with E-state index in [0.717, 1.165) is 17.8 Å². The van der Waals surface area contributed by atoms with E-state index in [4.69, 9.17) is 0 Å². The van der Waals surface area contributed by atoms with E-state index in [1.807, 2.05) is 36.5 Å². The summed E-state index contributed by atoms with van der Waals surface area (Å²) in [6, 6.07) is 7.67. The van der Waals surface area contributed by atoms with Crippen LogP contribution in [0, 0.1) is 15.5 Å². The van der Waals surface area contributed by atoms with E-state index in [1.165, 1.54) is 12.5 Å². The molecule has 0 atom stereocenters. The Morgan fingerprint density at radius 3 is 2.73 bits per heavy atom. The quantitative estimate of drug-likeness (QED) is 0.678. The van der Waals surface area contributed by atoms with E-state index in [2.05, 4.69) is 31.1 Å². The summed E-state index contributed by atoms with van der Waals surface area (Å²) in [6.07, 6.45) is 6.71. The molecule has 0 fully saturated rings. The van der Waals surface area contributed by atoms with Gasteiger partial charge in [-0.3, -0.25) is 4.57 Å². The lowest BCUT2D eigenvalue weighted by Crippen LogP contribution is -2.22. The van der Waals surface area contributed by atoms with Gasteiger partial charge in [-0.1, -0.05) is 39.0 Å². The highest BCUT2D eigenvalue weighted by molar-refractivity contribution is 5.60. The topological polar surface area (TPSA) is 73.0 Å². The monoisotopic (exact) mass is 300 g/mol. The van der Waals surface area contributed by atoms with Crippen LogP contribution in [0.15, 0.2) is 43.0 Å². The molecule has 0 aliphatic heterocycles. The number of imidazole rings is 1. The first-order valence-electron chi connectivity index (χ1n) is 7.04. The van der Waals surface area contributed by atoms with Gasteiger partial charge in [0.2, 0.25) is 6.33 Å². The van der Waals surface area contributed by atoms with Crippen molar-refractivity contribution in [2.24, 2.45) is 5.41 Å². The van der Waals surface area contributed by atoms with Gasteiger partial charge in [-0.25, -0.2) is 0 Å². The van der Waals surface area contributed by atoms with E-state index in [1.54, 1.807) is 4.57 Å². The fourth-order valence-electron chi connectivity index (χ4n) is 1.92. The Hall–Kier alpha value is -2.63. The number of nitrogens with zero attached hydrogens (tertiary/aromatic N) is 3. The van der Waals surface area contributed by atoms with Gasteiger partial charge in [0, 0.05) is 12.1 Å². The molecule has 6 heteroatoms. The number of benzene rings is 1. The predicted octanol–water partition coefficient (Wildman–Crippen LogP) is 3.39. The third-order valence-electron chi connectivity index (χ3n) is 2.98. The molecule has 2 aromatic rings. The molecule has 2 rings (SSSR count). The Morgan fingerprint density at radius 1 is 1.36 bits per heavy atom. The maximum absolute atomic E-state index is 10.7. The first-order chi connectivity index (χ1) is 10.4. The Morgan fingerprint density at radius 2 is 2.09 bits per heavy atom. The summed E-state index contributed by atoms with van der Waals surface area (Å²) in [4.78, 5) is 14.0. The highest BCUT2D eigenvalue weighted by Gasteiger charge is 2.12. The second kappa shape index (κ2) is 6.43. The number of hydrogen-bond donors (Lipinski definition) is 1. The minimum atomic E-state index is -0.500. The van der Waals surface area contributed by atoms with Crippen molar-refractivity contribution in [3.63, 3.8) is 0 Å². The molecule has 0 saturated carbocycles. The van der Waals surface area contributed by atoms with Crippen LogP contribution in [0.3, 0.4) is 0 Å². The molecule has 1 aromatic carbocycles. The number of nitrogens with one attached hydrogen (secondary N) is 1. The Bertz CT molecular complexity index is 683. The summed E-state index contributed by atoms with van der Waals surface area (Å²) in [5, 5.41) is 14.0. The van der Waals surface area contributed by atoms with Gasteiger partial charge in [0.25, 0.3) is 0 Å². The molecule has 22 heavy (non-hydrogen) atoms. The van der Waals surface area contributed by atoms with Crippen molar-refractivity contribution >= 4 is 11.9 Å². The average molecular weight is 300 g/mol. The summed E-state index contributed by atoms with van der Waals surface area (Å²) in [5.41, 5.74) is 2.00. The van der Waals surface area contributed by atoms with Crippen molar-refractivity contribution in [3.05, 3.63) is 58.7 Å². The van der Waals surface area contributed by atoms with Crippen LogP contribution in [-0.2, 0) is 0 Å². The predicted molar refractivity (Wildman–Crippen MR) is 86.7 cm³/mol. The zero-order chi connectivity index (χ0) is 16.2. The van der Waals surface area contributed by atoms with Crippen molar-refractivity contribution in [3.8, 4) is 5.69 Å². The van der Waals surface area contributed by atoms with E-state index in [0.29, 0.717) is 0 Å². The van der Waals surface area contributed by atoms with Crippen molar-refractivity contribution in [1.82, 2.24) is 14.9 Å². The summed E-state index contributed by atoms with van der Waals surface area (Å²) < 4.78 is 1.65. The first kappa shape index (κ1) is 15.8. The lowest BCUT2D eigenvalue weighted by molar-refractivity contribution is -0.389. The zero-order valence-corrected chi connectivity index (χ0v) is 13.0. The average Bonchev–Trinajstić information content (AvgIpc) is 2.93. The van der Waals surface area contributed by atoms with Crippen LogP contribution in [0.5, 0.6) is 0 Å². The molecule has 0 aliphatic carbocycles. The second-order valence-corrected chi connectivity index (χ2v) is 6.23. The number of hydrogen-bond acceptors (Lipinski definition) is 4. The fourth-order valence-corrected chi connectivity index (χ4v) is 1.92. The zero-order valence-electron chi connectivity index (χ0n) is 13.0. The van der Waals surface area contributed by atoms with Crippen LogP contribution in [0.4, 0.5) is 5.82 Å². The molecule has 0 saturated heterocycles. The second-order valence-electron chi connectivity index (χ2n) is 6.23. The highest BCUT2D eigenvalue weighted by Crippen LogP contribution is 2.18. The smallest absolute Gasteiger partial charge is 0.381 e. The molecular formula is C16H20N4O2. The van der Waals surface area contributed by atoms with Gasteiger partial charge < -0.3 is 15.4 Å². The van der Waals surface area contributed by atoms with E-state index in [9.17, 15) is 10.1 Å². The molecule has 1 aromatic heterocycles. The molecule has 0 unspecified atom stereocenters. The van der Waals surface area contributed by atoms with Gasteiger partial charge in [0.1, 0.15) is 6.20 Å². The maximum atomic E-state index is 10.7. The molecule has 0 spiro atoms. The summed E-state index contributed by atoms with van der Waals surface area (Å²) in [7, 11) is 0. The van der Waals surface area contributed by atoms with Gasteiger partial charge in [0.05, 0.1) is 5.69 Å². The van der Waals surface area contributed by atoms with Gasteiger partial charge in [-0.15, -0.1) is 0 Å². The number of aromatic nitrogens is 2. The SMILES string of the molecule is CC(C)(C)CNC=Cc1ccccc1-n1cnc([N+](=O)[O-])c1. The fraction of sp³-hybridized carbons (Fsp3) is 0.312. The standard InChI is InChI=1S/C16H20N4O2/c1-16(2,3)11-17-9-8-13-6-4-5-7-14(13)19-10-15(18-12-19)20(21)22/h4-10,12,17H,11H2,1-3H3.